The Morgan fingerprint density at radius 3 is 2.11 bits per heavy atom. The molecule has 0 radical (unpaired) electrons. The van der Waals surface area contributed by atoms with Crippen molar-refractivity contribution in [2.24, 2.45) is 0 Å². The maximum absolute atomic E-state index is 5.77. The lowest BCUT2D eigenvalue weighted by Crippen LogP contribution is -2.11. The van der Waals surface area contributed by atoms with Gasteiger partial charge in [-0.1, -0.05) is 54.2 Å². The molecule has 0 spiro atoms. The van der Waals surface area contributed by atoms with Crippen molar-refractivity contribution in [1.29, 1.82) is 0 Å². The van der Waals surface area contributed by atoms with Crippen LogP contribution >= 0.6 is 12.2 Å². The van der Waals surface area contributed by atoms with Crippen LogP contribution in [0.1, 0.15) is 37.5 Å². The predicted octanol–water partition coefficient (Wildman–Crippen LogP) is 6.13. The molecule has 0 amide bonds. The highest BCUT2D eigenvalue weighted by Crippen LogP contribution is 2.19. The second kappa shape index (κ2) is 16.2. The van der Waals surface area contributed by atoms with Crippen LogP contribution in [-0.2, 0) is 16.1 Å². The Morgan fingerprint density at radius 1 is 1.00 bits per heavy atom. The van der Waals surface area contributed by atoms with Crippen molar-refractivity contribution in [1.82, 2.24) is 0 Å². The van der Waals surface area contributed by atoms with E-state index in [1.165, 1.54) is 5.56 Å². The van der Waals surface area contributed by atoms with Gasteiger partial charge in [-0.05, 0) is 45.4 Å². The summed E-state index contributed by atoms with van der Waals surface area (Å²) in [7, 11) is 0. The number of rotatable bonds is 8. The van der Waals surface area contributed by atoms with Gasteiger partial charge in [-0.2, -0.15) is 0 Å². The van der Waals surface area contributed by atoms with E-state index in [0.717, 1.165) is 30.1 Å². The van der Waals surface area contributed by atoms with Gasteiger partial charge < -0.3 is 14.2 Å². The molecule has 0 aliphatic rings. The molecular formula is C23H32O3S. The van der Waals surface area contributed by atoms with Crippen LogP contribution < -0.4 is 4.74 Å². The fourth-order valence-electron chi connectivity index (χ4n) is 2.14. The quantitative estimate of drug-likeness (QED) is 0.309. The van der Waals surface area contributed by atoms with Crippen molar-refractivity contribution in [3.05, 3.63) is 78.4 Å². The van der Waals surface area contributed by atoms with Gasteiger partial charge in [0.05, 0.1) is 0 Å². The number of hydrogen-bond donors (Lipinski definition) is 0. The molecule has 0 aliphatic carbocycles. The molecule has 0 bridgehead atoms. The maximum Gasteiger partial charge on any atom is 0.154 e. The lowest BCUT2D eigenvalue weighted by molar-refractivity contribution is -0.123. The standard InChI is InChI=1S/C15H14OS.C6H14O2.C2H4/c1-12-7-8-15(14(9-12)11-17)16-10-13-5-3-2-4-6-13;1-4-7-6(3)8-5-2;1-2/h2-9,11H,10H2,1H3;6H,4-5H2,1-3H3;1-2H2. The Labute approximate surface area is 170 Å². The monoisotopic (exact) mass is 388 g/mol. The number of ether oxygens (including phenoxy) is 3. The van der Waals surface area contributed by atoms with Crippen molar-refractivity contribution in [3.63, 3.8) is 0 Å². The predicted molar refractivity (Wildman–Crippen MR) is 119 cm³/mol. The van der Waals surface area contributed by atoms with E-state index in [1.54, 1.807) is 5.37 Å². The van der Waals surface area contributed by atoms with Gasteiger partial charge in [-0.15, -0.1) is 13.2 Å². The summed E-state index contributed by atoms with van der Waals surface area (Å²) in [5, 5.41) is 1.66. The second-order valence-corrected chi connectivity index (χ2v) is 5.65. The minimum atomic E-state index is -0.0370. The zero-order valence-corrected chi connectivity index (χ0v) is 17.8. The topological polar surface area (TPSA) is 27.7 Å². The first-order valence-corrected chi connectivity index (χ1v) is 9.53. The summed E-state index contributed by atoms with van der Waals surface area (Å²) in [6.45, 7) is 15.9. The summed E-state index contributed by atoms with van der Waals surface area (Å²) in [5.74, 6) is 0.842. The highest BCUT2D eigenvalue weighted by Gasteiger charge is 2.01. The van der Waals surface area contributed by atoms with Crippen LogP contribution in [-0.4, -0.2) is 24.9 Å². The Kier molecular flexibility index (Phi) is 15.0. The van der Waals surface area contributed by atoms with Crippen LogP contribution in [0.15, 0.2) is 61.7 Å². The van der Waals surface area contributed by atoms with Crippen molar-refractivity contribution in [2.45, 2.75) is 40.6 Å². The van der Waals surface area contributed by atoms with E-state index in [4.69, 9.17) is 26.4 Å². The highest BCUT2D eigenvalue weighted by molar-refractivity contribution is 7.79. The van der Waals surface area contributed by atoms with Crippen molar-refractivity contribution >= 4 is 17.6 Å². The normalized spacial score (nSPS) is 9.52. The second-order valence-electron chi connectivity index (χ2n) is 5.41. The fraction of sp³-hybridized carbons (Fsp3) is 0.348. The number of hydrogen-bond acceptors (Lipinski definition) is 4. The summed E-state index contributed by atoms with van der Waals surface area (Å²) in [5.41, 5.74) is 3.31. The Hall–Kier alpha value is -2.01. The molecule has 27 heavy (non-hydrogen) atoms. The maximum atomic E-state index is 5.77. The summed E-state index contributed by atoms with van der Waals surface area (Å²) in [6.07, 6.45) is -0.0370. The first kappa shape index (κ1) is 25.0. The van der Waals surface area contributed by atoms with Gasteiger partial charge in [0.15, 0.2) is 6.29 Å². The van der Waals surface area contributed by atoms with Crippen molar-refractivity contribution in [3.8, 4) is 5.75 Å². The average Bonchev–Trinajstić information content (AvgIpc) is 2.70. The van der Waals surface area contributed by atoms with Crippen LogP contribution in [0.3, 0.4) is 0 Å². The zero-order valence-electron chi connectivity index (χ0n) is 16.9. The molecule has 148 valence electrons. The fourth-order valence-corrected chi connectivity index (χ4v) is 2.33. The third kappa shape index (κ3) is 11.3. The third-order valence-electron chi connectivity index (χ3n) is 3.33. The van der Waals surface area contributed by atoms with E-state index in [1.807, 2.05) is 76.2 Å². The van der Waals surface area contributed by atoms with Crippen LogP contribution in [0.5, 0.6) is 5.75 Å². The number of benzene rings is 2. The SMILES string of the molecule is C=C.CCOC(C)OCC.Cc1ccc(OCc2ccccc2)c(C=S)c1. The van der Waals surface area contributed by atoms with Crippen LogP contribution in [0.2, 0.25) is 0 Å². The van der Waals surface area contributed by atoms with E-state index in [0.29, 0.717) is 6.61 Å². The first-order chi connectivity index (χ1) is 13.1. The minimum absolute atomic E-state index is 0.0370. The molecule has 3 nitrogen and oxygen atoms in total. The van der Waals surface area contributed by atoms with E-state index >= 15 is 0 Å². The molecule has 4 heteroatoms. The first-order valence-electron chi connectivity index (χ1n) is 9.06. The summed E-state index contributed by atoms with van der Waals surface area (Å²) in [6, 6.07) is 16.1. The molecule has 0 atom stereocenters. The van der Waals surface area contributed by atoms with Crippen molar-refractivity contribution < 1.29 is 14.2 Å². The van der Waals surface area contributed by atoms with Crippen LogP contribution in [0.4, 0.5) is 0 Å². The van der Waals surface area contributed by atoms with Crippen LogP contribution in [0, 0.1) is 6.92 Å². The molecule has 0 saturated carbocycles. The molecule has 2 aromatic carbocycles. The molecule has 2 rings (SSSR count). The third-order valence-corrected chi connectivity index (χ3v) is 3.59. The molecule has 0 aromatic heterocycles. The summed E-state index contributed by atoms with van der Waals surface area (Å²) in [4.78, 5) is 0. The van der Waals surface area contributed by atoms with Gasteiger partial charge in [0.2, 0.25) is 0 Å². The van der Waals surface area contributed by atoms with Gasteiger partial charge in [-0.3, -0.25) is 0 Å². The highest BCUT2D eigenvalue weighted by atomic mass is 32.1. The van der Waals surface area contributed by atoms with E-state index in [9.17, 15) is 0 Å². The Bertz CT molecular complexity index is 623. The number of aryl methyl sites for hydroxylation is 1. The van der Waals surface area contributed by atoms with Crippen molar-refractivity contribution in [2.75, 3.05) is 13.2 Å². The largest absolute Gasteiger partial charge is 0.488 e. The van der Waals surface area contributed by atoms with Gasteiger partial charge >= 0.3 is 0 Å². The molecule has 0 unspecified atom stereocenters. The van der Waals surface area contributed by atoms with Crippen LogP contribution in [0.25, 0.3) is 0 Å². The molecular weight excluding hydrogens is 356 g/mol. The summed E-state index contributed by atoms with van der Waals surface area (Å²) < 4.78 is 15.9. The lowest BCUT2D eigenvalue weighted by Gasteiger charge is -2.09. The lowest BCUT2D eigenvalue weighted by atomic mass is 10.1. The van der Waals surface area contributed by atoms with E-state index < -0.39 is 0 Å². The Morgan fingerprint density at radius 2 is 1.59 bits per heavy atom. The minimum Gasteiger partial charge on any atom is -0.488 e. The number of thiocarbonyl (C=S) groups is 1. The van der Waals surface area contributed by atoms with Gasteiger partial charge in [0, 0.05) is 24.1 Å². The molecule has 0 saturated heterocycles. The average molecular weight is 389 g/mol. The molecule has 2 aromatic rings. The molecule has 0 aliphatic heterocycles. The van der Waals surface area contributed by atoms with E-state index in [-0.39, 0.29) is 6.29 Å². The Balaban J connectivity index is 0.000000574. The molecule has 0 heterocycles. The summed E-state index contributed by atoms with van der Waals surface area (Å²) >= 11 is 4.99. The zero-order chi connectivity index (χ0) is 20.5. The molecule has 0 N–H and O–H groups in total. The smallest absolute Gasteiger partial charge is 0.154 e. The van der Waals surface area contributed by atoms with Gasteiger partial charge in [0.1, 0.15) is 12.4 Å². The van der Waals surface area contributed by atoms with Gasteiger partial charge in [-0.25, -0.2) is 0 Å². The van der Waals surface area contributed by atoms with E-state index in [2.05, 4.69) is 13.2 Å². The van der Waals surface area contributed by atoms with Gasteiger partial charge in [0.25, 0.3) is 0 Å². The molecule has 0 fully saturated rings.